The molecule has 2 aromatic carbocycles. The van der Waals surface area contributed by atoms with Crippen LogP contribution < -0.4 is 14.8 Å². The van der Waals surface area contributed by atoms with Crippen LogP contribution >= 0.6 is 11.3 Å². The molecule has 0 aliphatic heterocycles. The van der Waals surface area contributed by atoms with E-state index in [0.717, 1.165) is 5.56 Å². The monoisotopic (exact) mass is 397 g/mol. The molecule has 28 heavy (non-hydrogen) atoms. The van der Waals surface area contributed by atoms with Gasteiger partial charge in [-0.15, -0.1) is 11.3 Å². The quantitative estimate of drug-likeness (QED) is 0.621. The van der Waals surface area contributed by atoms with Crippen molar-refractivity contribution in [3.8, 4) is 22.6 Å². The van der Waals surface area contributed by atoms with E-state index in [4.69, 9.17) is 14.2 Å². The number of hydrogen-bond acceptors (Lipinski definition) is 6. The highest BCUT2D eigenvalue weighted by atomic mass is 32.1. The van der Waals surface area contributed by atoms with Gasteiger partial charge in [-0.05, 0) is 35.9 Å². The van der Waals surface area contributed by atoms with E-state index in [-0.39, 0.29) is 5.91 Å². The van der Waals surface area contributed by atoms with Crippen LogP contribution in [0.2, 0.25) is 0 Å². The molecule has 144 valence electrons. The molecule has 0 unspecified atom stereocenters. The molecule has 0 aliphatic carbocycles. The molecule has 0 fully saturated rings. The fourth-order valence-electron chi connectivity index (χ4n) is 2.68. The van der Waals surface area contributed by atoms with Crippen molar-refractivity contribution < 1.29 is 23.8 Å². The number of benzene rings is 2. The molecule has 0 radical (unpaired) electrons. The zero-order chi connectivity index (χ0) is 20.1. The van der Waals surface area contributed by atoms with Gasteiger partial charge in [0.05, 0.1) is 21.3 Å². The summed E-state index contributed by atoms with van der Waals surface area (Å²) < 4.78 is 15.3. The number of hydrogen-bond donors (Lipinski definition) is 1. The van der Waals surface area contributed by atoms with Crippen molar-refractivity contribution in [1.29, 1.82) is 0 Å². The molecular formula is C21H19NO5S. The third-order valence-electron chi connectivity index (χ3n) is 4.14. The minimum absolute atomic E-state index is 0.314. The Kier molecular flexibility index (Phi) is 5.96. The van der Waals surface area contributed by atoms with Crippen molar-refractivity contribution >= 4 is 28.2 Å². The number of esters is 1. The highest BCUT2D eigenvalue weighted by Crippen LogP contribution is 2.37. The third-order valence-corrected chi connectivity index (χ3v) is 5.04. The lowest BCUT2D eigenvalue weighted by molar-refractivity contribution is 0.0603. The first-order valence-electron chi connectivity index (χ1n) is 8.37. The van der Waals surface area contributed by atoms with Crippen LogP contribution in [0.3, 0.4) is 0 Å². The lowest BCUT2D eigenvalue weighted by Crippen LogP contribution is -2.14. The highest BCUT2D eigenvalue weighted by Gasteiger charge is 2.23. The van der Waals surface area contributed by atoms with Gasteiger partial charge in [0.15, 0.2) is 0 Å². The third kappa shape index (κ3) is 3.99. The standard InChI is InChI=1S/C21H19NO5S/c1-25-15-9-7-13(8-10-15)17-12-28-20(18(17)21(24)27-3)22-19(23)14-5-4-6-16(11-14)26-2/h4-12H,1-3H3,(H,22,23). The molecule has 3 aromatic rings. The van der Waals surface area contributed by atoms with Crippen molar-refractivity contribution in [2.45, 2.75) is 0 Å². The van der Waals surface area contributed by atoms with E-state index in [1.54, 1.807) is 31.4 Å². The van der Waals surface area contributed by atoms with Crippen molar-refractivity contribution in [1.82, 2.24) is 0 Å². The number of anilines is 1. The Morgan fingerprint density at radius 2 is 1.64 bits per heavy atom. The molecule has 1 amide bonds. The second-order valence-corrected chi connectivity index (χ2v) is 6.64. The molecular weight excluding hydrogens is 378 g/mol. The molecule has 3 rings (SSSR count). The number of ether oxygens (including phenoxy) is 3. The van der Waals surface area contributed by atoms with Gasteiger partial charge in [0.2, 0.25) is 0 Å². The van der Waals surface area contributed by atoms with Crippen LogP contribution in [0.5, 0.6) is 11.5 Å². The van der Waals surface area contributed by atoms with Crippen LogP contribution in [-0.4, -0.2) is 33.2 Å². The Morgan fingerprint density at radius 3 is 2.29 bits per heavy atom. The van der Waals surface area contributed by atoms with E-state index in [9.17, 15) is 9.59 Å². The molecule has 0 aliphatic rings. The molecule has 0 bridgehead atoms. The average Bonchev–Trinajstić information content (AvgIpc) is 3.16. The lowest BCUT2D eigenvalue weighted by atomic mass is 10.0. The van der Waals surface area contributed by atoms with Crippen LogP contribution in [0.15, 0.2) is 53.9 Å². The predicted molar refractivity (Wildman–Crippen MR) is 109 cm³/mol. The summed E-state index contributed by atoms with van der Waals surface area (Å²) in [6.07, 6.45) is 0. The second-order valence-electron chi connectivity index (χ2n) is 5.76. The second kappa shape index (κ2) is 8.58. The molecule has 6 nitrogen and oxygen atoms in total. The summed E-state index contributed by atoms with van der Waals surface area (Å²) in [6, 6.07) is 14.1. The topological polar surface area (TPSA) is 73.9 Å². The van der Waals surface area contributed by atoms with Gasteiger partial charge in [-0.3, -0.25) is 4.79 Å². The number of thiophene rings is 1. The minimum atomic E-state index is -0.520. The maximum absolute atomic E-state index is 12.6. The minimum Gasteiger partial charge on any atom is -0.497 e. The van der Waals surface area contributed by atoms with Crippen molar-refractivity contribution in [2.24, 2.45) is 0 Å². The fourth-order valence-corrected chi connectivity index (χ4v) is 3.63. The number of nitrogens with one attached hydrogen (secondary N) is 1. The van der Waals surface area contributed by atoms with Crippen molar-refractivity contribution in [2.75, 3.05) is 26.6 Å². The highest BCUT2D eigenvalue weighted by molar-refractivity contribution is 7.15. The zero-order valence-electron chi connectivity index (χ0n) is 15.6. The molecule has 0 saturated heterocycles. The molecule has 7 heteroatoms. The first-order valence-corrected chi connectivity index (χ1v) is 9.25. The number of carbonyl (C=O) groups excluding carboxylic acids is 2. The number of amides is 1. The van der Waals surface area contributed by atoms with E-state index in [2.05, 4.69) is 5.32 Å². The van der Waals surface area contributed by atoms with E-state index in [1.165, 1.54) is 25.6 Å². The van der Waals surface area contributed by atoms with E-state index in [0.29, 0.717) is 33.2 Å². The molecule has 1 N–H and O–H groups in total. The van der Waals surface area contributed by atoms with Crippen LogP contribution in [0.25, 0.3) is 11.1 Å². The number of carbonyl (C=O) groups is 2. The maximum atomic E-state index is 12.6. The first-order chi connectivity index (χ1) is 13.6. The van der Waals surface area contributed by atoms with Crippen molar-refractivity contribution in [3.63, 3.8) is 0 Å². The summed E-state index contributed by atoms with van der Waals surface area (Å²) in [5.74, 6) is 0.427. The maximum Gasteiger partial charge on any atom is 0.341 e. The zero-order valence-corrected chi connectivity index (χ0v) is 16.5. The summed E-state index contributed by atoms with van der Waals surface area (Å²) in [4.78, 5) is 25.1. The van der Waals surface area contributed by atoms with Crippen molar-refractivity contribution in [3.05, 3.63) is 65.0 Å². The largest absolute Gasteiger partial charge is 0.497 e. The molecule has 1 heterocycles. The number of rotatable bonds is 6. The van der Waals surface area contributed by atoms with Crippen LogP contribution in [-0.2, 0) is 4.74 Å². The van der Waals surface area contributed by atoms with Gasteiger partial charge in [-0.25, -0.2) is 4.79 Å². The lowest BCUT2D eigenvalue weighted by Gasteiger charge is -2.09. The number of methoxy groups -OCH3 is 3. The summed E-state index contributed by atoms with van der Waals surface area (Å²) in [5, 5.41) is 5.04. The van der Waals surface area contributed by atoms with E-state index in [1.807, 2.05) is 29.6 Å². The smallest absolute Gasteiger partial charge is 0.341 e. The summed E-state index contributed by atoms with van der Waals surface area (Å²) in [7, 11) is 4.43. The average molecular weight is 397 g/mol. The molecule has 1 aromatic heterocycles. The predicted octanol–water partition coefficient (Wildman–Crippen LogP) is 4.47. The molecule has 0 spiro atoms. The first kappa shape index (κ1) is 19.4. The Balaban J connectivity index is 1.95. The van der Waals surface area contributed by atoms with Crippen LogP contribution in [0.4, 0.5) is 5.00 Å². The van der Waals surface area contributed by atoms with Gasteiger partial charge in [0, 0.05) is 16.5 Å². The van der Waals surface area contributed by atoms with Gasteiger partial charge in [-0.2, -0.15) is 0 Å². The Bertz CT molecular complexity index is 994. The SMILES string of the molecule is COC(=O)c1c(-c2ccc(OC)cc2)csc1NC(=O)c1cccc(OC)c1. The normalized spacial score (nSPS) is 10.2. The van der Waals surface area contributed by atoms with Crippen LogP contribution in [0, 0.1) is 0 Å². The van der Waals surface area contributed by atoms with E-state index >= 15 is 0 Å². The van der Waals surface area contributed by atoms with Gasteiger partial charge in [0.25, 0.3) is 5.91 Å². The molecule has 0 atom stereocenters. The summed E-state index contributed by atoms with van der Waals surface area (Å²) in [5.41, 5.74) is 2.24. The summed E-state index contributed by atoms with van der Waals surface area (Å²) in [6.45, 7) is 0. The summed E-state index contributed by atoms with van der Waals surface area (Å²) >= 11 is 1.26. The van der Waals surface area contributed by atoms with Gasteiger partial charge in [0.1, 0.15) is 22.1 Å². The van der Waals surface area contributed by atoms with Gasteiger partial charge in [-0.1, -0.05) is 18.2 Å². The molecule has 0 saturated carbocycles. The van der Waals surface area contributed by atoms with Crippen LogP contribution in [0.1, 0.15) is 20.7 Å². The Hall–Kier alpha value is -3.32. The van der Waals surface area contributed by atoms with Gasteiger partial charge < -0.3 is 19.5 Å². The Morgan fingerprint density at radius 1 is 0.929 bits per heavy atom. The van der Waals surface area contributed by atoms with E-state index < -0.39 is 5.97 Å². The Labute approximate surface area is 166 Å². The van der Waals surface area contributed by atoms with Gasteiger partial charge >= 0.3 is 5.97 Å². The fraction of sp³-hybridized carbons (Fsp3) is 0.143.